The summed E-state index contributed by atoms with van der Waals surface area (Å²) in [6.07, 6.45) is 0. The molecule has 0 heterocycles. The van der Waals surface area contributed by atoms with Crippen molar-refractivity contribution in [1.29, 1.82) is 0 Å². The van der Waals surface area contributed by atoms with Crippen LogP contribution in [0.15, 0.2) is 24.3 Å². The summed E-state index contributed by atoms with van der Waals surface area (Å²) in [5, 5.41) is 3.64. The number of sulfone groups is 1. The largest absolute Gasteiger partial charge is 0.384 e. The minimum absolute atomic E-state index is 0.0563. The Morgan fingerprint density at radius 2 is 2.12 bits per heavy atom. The molecule has 0 spiro atoms. The first-order valence-electron chi connectivity index (χ1n) is 5.22. The molecule has 0 aliphatic rings. The molecule has 0 aromatic heterocycles. The van der Waals surface area contributed by atoms with Gasteiger partial charge in [0.25, 0.3) is 0 Å². The van der Waals surface area contributed by atoms with E-state index >= 15 is 0 Å². The lowest BCUT2D eigenvalue weighted by atomic mass is 10.3. The van der Waals surface area contributed by atoms with Crippen LogP contribution in [0.1, 0.15) is 0 Å². The highest BCUT2D eigenvalue weighted by Crippen LogP contribution is 2.14. The molecule has 1 rings (SSSR count). The Hall–Kier alpha value is -0.780. The van der Waals surface area contributed by atoms with Crippen molar-refractivity contribution in [2.75, 3.05) is 37.1 Å². The van der Waals surface area contributed by atoms with Gasteiger partial charge in [0.2, 0.25) is 0 Å². The summed E-state index contributed by atoms with van der Waals surface area (Å²) < 4.78 is 27.7. The van der Waals surface area contributed by atoms with Crippen LogP contribution >= 0.6 is 11.6 Å². The van der Waals surface area contributed by atoms with Gasteiger partial charge in [-0.05, 0) is 18.2 Å². The predicted molar refractivity (Wildman–Crippen MR) is 70.5 cm³/mol. The van der Waals surface area contributed by atoms with Gasteiger partial charge in [0.15, 0.2) is 9.84 Å². The van der Waals surface area contributed by atoms with Gasteiger partial charge in [-0.2, -0.15) is 0 Å². The Kier molecular flexibility index (Phi) is 5.74. The highest BCUT2D eigenvalue weighted by molar-refractivity contribution is 7.91. The van der Waals surface area contributed by atoms with Crippen molar-refractivity contribution >= 4 is 27.1 Å². The van der Waals surface area contributed by atoms with E-state index in [4.69, 9.17) is 16.3 Å². The number of benzene rings is 1. The molecule has 17 heavy (non-hydrogen) atoms. The lowest BCUT2D eigenvalue weighted by molar-refractivity contribution is 0.217. The van der Waals surface area contributed by atoms with Crippen LogP contribution in [0.4, 0.5) is 5.69 Å². The van der Waals surface area contributed by atoms with Crippen LogP contribution in [0.25, 0.3) is 0 Å². The van der Waals surface area contributed by atoms with E-state index in [2.05, 4.69) is 5.32 Å². The molecule has 0 unspecified atom stereocenters. The quantitative estimate of drug-likeness (QED) is 0.826. The first-order valence-corrected chi connectivity index (χ1v) is 7.42. The SMILES string of the molecule is COCCS(=O)(=O)CCNc1cccc(Cl)c1. The molecule has 0 saturated carbocycles. The maximum Gasteiger partial charge on any atom is 0.154 e. The zero-order valence-corrected chi connectivity index (χ0v) is 11.2. The molecule has 1 aromatic carbocycles. The minimum atomic E-state index is -3.04. The molecule has 0 amide bonds. The third-order valence-electron chi connectivity index (χ3n) is 2.17. The predicted octanol–water partition coefficient (Wildman–Crippen LogP) is 1.81. The van der Waals surface area contributed by atoms with Gasteiger partial charge in [0, 0.05) is 24.4 Å². The van der Waals surface area contributed by atoms with Crippen LogP contribution < -0.4 is 5.32 Å². The van der Waals surface area contributed by atoms with Crippen LogP contribution in [-0.2, 0) is 14.6 Å². The highest BCUT2D eigenvalue weighted by Gasteiger charge is 2.09. The van der Waals surface area contributed by atoms with Crippen molar-refractivity contribution in [2.45, 2.75) is 0 Å². The normalized spacial score (nSPS) is 11.4. The summed E-state index contributed by atoms with van der Waals surface area (Å²) in [4.78, 5) is 0. The summed E-state index contributed by atoms with van der Waals surface area (Å²) in [6.45, 7) is 0.603. The summed E-state index contributed by atoms with van der Waals surface area (Å²) in [5.41, 5.74) is 0.819. The molecule has 0 radical (unpaired) electrons. The van der Waals surface area contributed by atoms with Gasteiger partial charge in [-0.15, -0.1) is 0 Å². The van der Waals surface area contributed by atoms with Crippen molar-refractivity contribution in [1.82, 2.24) is 0 Å². The molecule has 1 aromatic rings. The second kappa shape index (κ2) is 6.83. The Labute approximate surface area is 107 Å². The molecule has 0 atom stereocenters. The fourth-order valence-electron chi connectivity index (χ4n) is 1.26. The molecule has 0 aliphatic heterocycles. The van der Waals surface area contributed by atoms with E-state index in [1.807, 2.05) is 12.1 Å². The molecule has 0 fully saturated rings. The van der Waals surface area contributed by atoms with Gasteiger partial charge < -0.3 is 10.1 Å². The van der Waals surface area contributed by atoms with E-state index in [-0.39, 0.29) is 18.1 Å². The van der Waals surface area contributed by atoms with Gasteiger partial charge in [-0.25, -0.2) is 8.42 Å². The first-order chi connectivity index (χ1) is 8.03. The first kappa shape index (κ1) is 14.3. The molecule has 0 saturated heterocycles. The fraction of sp³-hybridized carbons (Fsp3) is 0.455. The standard InChI is InChI=1S/C11H16ClNO3S/c1-16-6-8-17(14,15)7-5-13-11-4-2-3-10(12)9-11/h2-4,9,13H,5-8H2,1H3. The third kappa shape index (κ3) is 5.91. The van der Waals surface area contributed by atoms with E-state index in [9.17, 15) is 8.42 Å². The van der Waals surface area contributed by atoms with Gasteiger partial charge in [0.05, 0.1) is 18.1 Å². The molecular formula is C11H16ClNO3S. The number of halogens is 1. The number of hydrogen-bond acceptors (Lipinski definition) is 4. The Morgan fingerprint density at radius 1 is 1.35 bits per heavy atom. The third-order valence-corrected chi connectivity index (χ3v) is 4.02. The van der Waals surface area contributed by atoms with E-state index < -0.39 is 9.84 Å². The van der Waals surface area contributed by atoms with E-state index in [0.717, 1.165) is 5.69 Å². The summed E-state index contributed by atoms with van der Waals surface area (Å²) in [5.74, 6) is 0.142. The van der Waals surface area contributed by atoms with E-state index in [1.165, 1.54) is 7.11 Å². The number of hydrogen-bond donors (Lipinski definition) is 1. The van der Waals surface area contributed by atoms with Crippen molar-refractivity contribution in [3.63, 3.8) is 0 Å². The average molecular weight is 278 g/mol. The zero-order valence-electron chi connectivity index (χ0n) is 9.65. The Morgan fingerprint density at radius 3 is 2.76 bits per heavy atom. The molecule has 1 N–H and O–H groups in total. The summed E-state index contributed by atoms with van der Waals surface area (Å²) >= 11 is 5.81. The van der Waals surface area contributed by atoms with Crippen LogP contribution in [0.3, 0.4) is 0 Å². The molecule has 6 heteroatoms. The zero-order chi connectivity index (χ0) is 12.7. The lowest BCUT2D eigenvalue weighted by Crippen LogP contribution is -2.20. The van der Waals surface area contributed by atoms with E-state index in [1.54, 1.807) is 12.1 Å². The second-order valence-electron chi connectivity index (χ2n) is 3.58. The van der Waals surface area contributed by atoms with Crippen molar-refractivity contribution in [2.24, 2.45) is 0 Å². The van der Waals surface area contributed by atoms with Gasteiger partial charge in [0.1, 0.15) is 0 Å². The van der Waals surface area contributed by atoms with Crippen LogP contribution in [0, 0.1) is 0 Å². The van der Waals surface area contributed by atoms with Crippen molar-refractivity contribution in [3.8, 4) is 0 Å². The van der Waals surface area contributed by atoms with Gasteiger partial charge in [-0.3, -0.25) is 0 Å². The van der Waals surface area contributed by atoms with Crippen LogP contribution in [0.5, 0.6) is 0 Å². The average Bonchev–Trinajstić information content (AvgIpc) is 2.26. The Balaban J connectivity index is 2.37. The molecule has 4 nitrogen and oxygen atoms in total. The highest BCUT2D eigenvalue weighted by atomic mass is 35.5. The minimum Gasteiger partial charge on any atom is -0.384 e. The van der Waals surface area contributed by atoms with Crippen molar-refractivity contribution in [3.05, 3.63) is 29.3 Å². The maximum absolute atomic E-state index is 11.5. The lowest BCUT2D eigenvalue weighted by Gasteiger charge is -2.07. The molecule has 0 bridgehead atoms. The number of rotatable bonds is 7. The van der Waals surface area contributed by atoms with Crippen LogP contribution in [-0.4, -0.2) is 40.2 Å². The fourth-order valence-corrected chi connectivity index (χ4v) is 2.49. The Bertz CT molecular complexity index is 448. The smallest absolute Gasteiger partial charge is 0.154 e. The molecule has 0 aliphatic carbocycles. The number of anilines is 1. The molecular weight excluding hydrogens is 262 g/mol. The van der Waals surface area contributed by atoms with Gasteiger partial charge in [-0.1, -0.05) is 17.7 Å². The van der Waals surface area contributed by atoms with E-state index in [0.29, 0.717) is 11.6 Å². The van der Waals surface area contributed by atoms with Gasteiger partial charge >= 0.3 is 0 Å². The van der Waals surface area contributed by atoms with Crippen molar-refractivity contribution < 1.29 is 13.2 Å². The summed E-state index contributed by atoms with van der Waals surface area (Å²) in [7, 11) is -1.56. The second-order valence-corrected chi connectivity index (χ2v) is 6.32. The maximum atomic E-state index is 11.5. The topological polar surface area (TPSA) is 55.4 Å². The number of ether oxygens (including phenoxy) is 1. The number of methoxy groups -OCH3 is 1. The van der Waals surface area contributed by atoms with Crippen LogP contribution in [0.2, 0.25) is 5.02 Å². The summed E-state index contributed by atoms with van der Waals surface area (Å²) in [6, 6.07) is 7.17. The molecule has 96 valence electrons. The monoisotopic (exact) mass is 277 g/mol. The number of nitrogens with one attached hydrogen (secondary N) is 1.